The quantitative estimate of drug-likeness (QED) is 0.697. The van der Waals surface area contributed by atoms with E-state index in [2.05, 4.69) is 32.6 Å². The second-order valence-corrected chi connectivity index (χ2v) is 4.91. The Balaban J connectivity index is 2.56. The van der Waals surface area contributed by atoms with E-state index < -0.39 is 0 Å². The van der Waals surface area contributed by atoms with Crippen LogP contribution < -0.4 is 0 Å². The lowest BCUT2D eigenvalue weighted by molar-refractivity contribution is -0.256. The summed E-state index contributed by atoms with van der Waals surface area (Å²) in [7, 11) is 0. The van der Waals surface area contributed by atoms with E-state index >= 15 is 0 Å². The van der Waals surface area contributed by atoms with Crippen LogP contribution in [0.3, 0.4) is 0 Å². The first-order valence-electron chi connectivity index (χ1n) is 5.44. The fraction of sp³-hybridized carbons (Fsp3) is 1.00. The number of rotatable bonds is 3. The lowest BCUT2D eigenvalue weighted by Crippen LogP contribution is -2.53. The molecule has 0 aromatic heterocycles. The van der Waals surface area contributed by atoms with Crippen molar-refractivity contribution in [3.63, 3.8) is 0 Å². The average Bonchev–Trinajstić information content (AvgIpc) is 2.08. The summed E-state index contributed by atoms with van der Waals surface area (Å²) in [4.78, 5) is 2.33. The molecule has 0 spiro atoms. The minimum Gasteiger partial charge on any atom is -0.352 e. The van der Waals surface area contributed by atoms with E-state index in [1.807, 2.05) is 6.92 Å². The van der Waals surface area contributed by atoms with Gasteiger partial charge < -0.3 is 9.47 Å². The Hall–Kier alpha value is -0.120. The van der Waals surface area contributed by atoms with E-state index in [0.717, 1.165) is 13.2 Å². The fourth-order valence-corrected chi connectivity index (χ4v) is 1.79. The summed E-state index contributed by atoms with van der Waals surface area (Å²) in [6.45, 7) is 13.2. The minimum absolute atomic E-state index is 0.0532. The van der Waals surface area contributed by atoms with Gasteiger partial charge in [-0.3, -0.25) is 4.90 Å². The summed E-state index contributed by atoms with van der Waals surface area (Å²) in [5.74, 6) is 0. The molecular formula is C11H23NO2. The molecule has 0 aliphatic carbocycles. The standard InChI is InChI=1S/C11H23NO2/c1-6-13-10-11(4,5)7-12(8-14-10)9(2)3/h9-10H,6-8H2,1-5H3/t10-/m0/s1. The molecule has 0 amide bonds. The van der Waals surface area contributed by atoms with Crippen LogP contribution in [-0.2, 0) is 9.47 Å². The number of hydrogen-bond acceptors (Lipinski definition) is 3. The Morgan fingerprint density at radius 3 is 2.57 bits per heavy atom. The van der Waals surface area contributed by atoms with Gasteiger partial charge in [0.25, 0.3) is 0 Å². The molecular weight excluding hydrogens is 178 g/mol. The second kappa shape index (κ2) is 4.60. The maximum absolute atomic E-state index is 5.71. The summed E-state index contributed by atoms with van der Waals surface area (Å²) < 4.78 is 11.3. The molecule has 0 bridgehead atoms. The van der Waals surface area contributed by atoms with Gasteiger partial charge >= 0.3 is 0 Å². The molecule has 0 saturated carbocycles. The van der Waals surface area contributed by atoms with E-state index in [4.69, 9.17) is 9.47 Å². The second-order valence-electron chi connectivity index (χ2n) is 4.91. The molecule has 1 rings (SSSR count). The Morgan fingerprint density at radius 2 is 2.14 bits per heavy atom. The Kier molecular flexibility index (Phi) is 3.93. The molecule has 14 heavy (non-hydrogen) atoms. The van der Waals surface area contributed by atoms with E-state index in [9.17, 15) is 0 Å². The van der Waals surface area contributed by atoms with Gasteiger partial charge in [-0.1, -0.05) is 13.8 Å². The van der Waals surface area contributed by atoms with Crippen LogP contribution in [-0.4, -0.2) is 37.1 Å². The van der Waals surface area contributed by atoms with Crippen molar-refractivity contribution >= 4 is 0 Å². The van der Waals surface area contributed by atoms with Gasteiger partial charge in [-0.25, -0.2) is 0 Å². The lowest BCUT2D eigenvalue weighted by Gasteiger charge is -2.44. The van der Waals surface area contributed by atoms with Crippen molar-refractivity contribution in [2.24, 2.45) is 5.41 Å². The molecule has 3 heteroatoms. The Morgan fingerprint density at radius 1 is 1.50 bits per heavy atom. The van der Waals surface area contributed by atoms with Crippen LogP contribution in [0.25, 0.3) is 0 Å². The van der Waals surface area contributed by atoms with Gasteiger partial charge in [0.15, 0.2) is 6.29 Å². The van der Waals surface area contributed by atoms with Crippen LogP contribution in [0.4, 0.5) is 0 Å². The fourth-order valence-electron chi connectivity index (χ4n) is 1.79. The van der Waals surface area contributed by atoms with Crippen molar-refractivity contribution in [3.8, 4) is 0 Å². The molecule has 0 unspecified atom stereocenters. The van der Waals surface area contributed by atoms with Crippen LogP contribution in [0, 0.1) is 5.41 Å². The summed E-state index contributed by atoms with van der Waals surface area (Å²) in [6.07, 6.45) is -0.0532. The van der Waals surface area contributed by atoms with Crippen LogP contribution in [0.1, 0.15) is 34.6 Å². The largest absolute Gasteiger partial charge is 0.352 e. The first-order valence-corrected chi connectivity index (χ1v) is 5.44. The molecule has 1 atom stereocenters. The van der Waals surface area contributed by atoms with Crippen molar-refractivity contribution in [1.29, 1.82) is 0 Å². The summed E-state index contributed by atoms with van der Waals surface area (Å²) in [5.41, 5.74) is 0.0819. The first-order chi connectivity index (χ1) is 6.47. The van der Waals surface area contributed by atoms with Crippen molar-refractivity contribution in [3.05, 3.63) is 0 Å². The Labute approximate surface area is 87.4 Å². The van der Waals surface area contributed by atoms with Gasteiger partial charge in [0.2, 0.25) is 0 Å². The smallest absolute Gasteiger partial charge is 0.165 e. The van der Waals surface area contributed by atoms with E-state index in [0.29, 0.717) is 12.8 Å². The zero-order valence-electron chi connectivity index (χ0n) is 10.0. The SMILES string of the molecule is CCO[C@H]1OCN(C(C)C)CC1(C)C. The van der Waals surface area contributed by atoms with Crippen molar-refractivity contribution in [2.45, 2.75) is 47.0 Å². The molecule has 1 fully saturated rings. The van der Waals surface area contributed by atoms with Gasteiger partial charge in [0.1, 0.15) is 6.73 Å². The predicted octanol–water partition coefficient (Wildman–Crippen LogP) is 2.07. The number of hydrogen-bond donors (Lipinski definition) is 0. The molecule has 0 aromatic rings. The molecule has 1 aliphatic heterocycles. The van der Waals surface area contributed by atoms with E-state index in [-0.39, 0.29) is 11.7 Å². The van der Waals surface area contributed by atoms with Crippen LogP contribution in [0.2, 0.25) is 0 Å². The van der Waals surface area contributed by atoms with Crippen LogP contribution in [0.15, 0.2) is 0 Å². The van der Waals surface area contributed by atoms with E-state index in [1.54, 1.807) is 0 Å². The normalized spacial score (nSPS) is 28.3. The van der Waals surface area contributed by atoms with Crippen molar-refractivity contribution in [1.82, 2.24) is 4.90 Å². The molecule has 0 N–H and O–H groups in total. The summed E-state index contributed by atoms with van der Waals surface area (Å²) >= 11 is 0. The third kappa shape index (κ3) is 2.69. The minimum atomic E-state index is -0.0532. The first kappa shape index (κ1) is 12.0. The average molecular weight is 201 g/mol. The van der Waals surface area contributed by atoms with Gasteiger partial charge in [0, 0.05) is 24.6 Å². The highest BCUT2D eigenvalue weighted by Gasteiger charge is 2.38. The van der Waals surface area contributed by atoms with E-state index in [1.165, 1.54) is 0 Å². The topological polar surface area (TPSA) is 21.7 Å². The van der Waals surface area contributed by atoms with Crippen molar-refractivity contribution < 1.29 is 9.47 Å². The van der Waals surface area contributed by atoms with Gasteiger partial charge in [-0.05, 0) is 20.8 Å². The molecule has 1 aliphatic rings. The Bertz CT molecular complexity index is 180. The molecule has 3 nitrogen and oxygen atoms in total. The zero-order chi connectivity index (χ0) is 10.8. The number of ether oxygens (including phenoxy) is 2. The van der Waals surface area contributed by atoms with Crippen molar-refractivity contribution in [2.75, 3.05) is 19.9 Å². The van der Waals surface area contributed by atoms with Crippen LogP contribution in [0.5, 0.6) is 0 Å². The summed E-state index contributed by atoms with van der Waals surface area (Å²) in [5, 5.41) is 0. The monoisotopic (exact) mass is 201 g/mol. The lowest BCUT2D eigenvalue weighted by atomic mass is 9.90. The van der Waals surface area contributed by atoms with Gasteiger partial charge in [0.05, 0.1) is 0 Å². The highest BCUT2D eigenvalue weighted by atomic mass is 16.7. The molecule has 0 aromatic carbocycles. The predicted molar refractivity (Wildman–Crippen MR) is 57.0 cm³/mol. The third-order valence-corrected chi connectivity index (χ3v) is 2.69. The summed E-state index contributed by atoms with van der Waals surface area (Å²) in [6, 6.07) is 0.539. The number of nitrogens with zero attached hydrogens (tertiary/aromatic N) is 1. The maximum atomic E-state index is 5.71. The molecule has 1 heterocycles. The maximum Gasteiger partial charge on any atom is 0.165 e. The molecule has 1 saturated heterocycles. The van der Waals surface area contributed by atoms with Gasteiger partial charge in [-0.2, -0.15) is 0 Å². The highest BCUT2D eigenvalue weighted by Crippen LogP contribution is 2.30. The van der Waals surface area contributed by atoms with Crippen LogP contribution >= 0.6 is 0 Å². The molecule has 0 radical (unpaired) electrons. The zero-order valence-corrected chi connectivity index (χ0v) is 10.0. The van der Waals surface area contributed by atoms with Gasteiger partial charge in [-0.15, -0.1) is 0 Å². The third-order valence-electron chi connectivity index (χ3n) is 2.69. The molecule has 84 valence electrons. The highest BCUT2D eigenvalue weighted by molar-refractivity contribution is 4.81.